The number of phenolic OH excluding ortho intramolecular Hbond substituents is 1. The van der Waals surface area contributed by atoms with Crippen molar-refractivity contribution in [2.45, 2.75) is 38.1 Å². The van der Waals surface area contributed by atoms with E-state index in [1.807, 2.05) is 12.1 Å². The summed E-state index contributed by atoms with van der Waals surface area (Å²) in [5.74, 6) is 0.805. The zero-order valence-corrected chi connectivity index (χ0v) is 8.75. The minimum atomic E-state index is -0.237. The normalized spacial score (nSPS) is 18.6. The standard InChI is InChI=1S/C12H17NO/c1-8(2)9-3-4-10(11(14)7-9)12(13)5-6-12/h3-4,7-8,14H,5-6,13H2,1-2H3. The Morgan fingerprint density at radius 1 is 1.36 bits per heavy atom. The molecule has 1 saturated carbocycles. The van der Waals surface area contributed by atoms with Crippen LogP contribution in [0.1, 0.15) is 43.7 Å². The summed E-state index contributed by atoms with van der Waals surface area (Å²) in [6, 6.07) is 5.87. The van der Waals surface area contributed by atoms with Crippen LogP contribution in [-0.4, -0.2) is 5.11 Å². The van der Waals surface area contributed by atoms with Gasteiger partial charge in [0.1, 0.15) is 5.75 Å². The fourth-order valence-electron chi connectivity index (χ4n) is 1.73. The molecule has 0 aromatic heterocycles. The van der Waals surface area contributed by atoms with Gasteiger partial charge in [0.05, 0.1) is 0 Å². The van der Waals surface area contributed by atoms with Gasteiger partial charge in [-0.1, -0.05) is 26.0 Å². The van der Waals surface area contributed by atoms with Gasteiger partial charge in [-0.2, -0.15) is 0 Å². The first kappa shape index (κ1) is 9.53. The molecule has 0 radical (unpaired) electrons. The van der Waals surface area contributed by atoms with Crippen molar-refractivity contribution in [3.05, 3.63) is 29.3 Å². The Balaban J connectivity index is 2.37. The Morgan fingerprint density at radius 2 is 2.00 bits per heavy atom. The molecule has 76 valence electrons. The van der Waals surface area contributed by atoms with Crippen LogP contribution in [0.15, 0.2) is 18.2 Å². The summed E-state index contributed by atoms with van der Waals surface area (Å²) in [5.41, 5.74) is 7.87. The second kappa shape index (κ2) is 2.99. The Hall–Kier alpha value is -1.02. The van der Waals surface area contributed by atoms with Crippen molar-refractivity contribution in [2.24, 2.45) is 5.73 Å². The molecule has 2 heteroatoms. The maximum atomic E-state index is 9.84. The lowest BCUT2D eigenvalue weighted by Gasteiger charge is -2.13. The fraction of sp³-hybridized carbons (Fsp3) is 0.500. The van der Waals surface area contributed by atoms with Crippen LogP contribution in [0.4, 0.5) is 0 Å². The van der Waals surface area contributed by atoms with E-state index in [1.54, 1.807) is 0 Å². The van der Waals surface area contributed by atoms with Crippen molar-refractivity contribution in [1.29, 1.82) is 0 Å². The molecule has 0 heterocycles. The SMILES string of the molecule is CC(C)c1ccc(C2(N)CC2)c(O)c1. The largest absolute Gasteiger partial charge is 0.508 e. The number of aromatic hydroxyl groups is 1. The molecule has 0 saturated heterocycles. The van der Waals surface area contributed by atoms with Crippen molar-refractivity contribution < 1.29 is 5.11 Å². The van der Waals surface area contributed by atoms with Crippen molar-refractivity contribution in [2.75, 3.05) is 0 Å². The highest BCUT2D eigenvalue weighted by atomic mass is 16.3. The molecule has 1 aliphatic rings. The molecule has 3 N–H and O–H groups in total. The van der Waals surface area contributed by atoms with E-state index in [9.17, 15) is 5.11 Å². The lowest BCUT2D eigenvalue weighted by Crippen LogP contribution is -2.18. The first-order valence-corrected chi connectivity index (χ1v) is 5.15. The number of rotatable bonds is 2. The van der Waals surface area contributed by atoms with Gasteiger partial charge in [0.2, 0.25) is 0 Å². The zero-order valence-electron chi connectivity index (χ0n) is 8.75. The molecule has 2 rings (SSSR count). The minimum Gasteiger partial charge on any atom is -0.508 e. The molecule has 0 bridgehead atoms. The van der Waals surface area contributed by atoms with Crippen molar-refractivity contribution in [3.63, 3.8) is 0 Å². The Morgan fingerprint density at radius 3 is 2.43 bits per heavy atom. The summed E-state index contributed by atoms with van der Waals surface area (Å²) in [7, 11) is 0. The van der Waals surface area contributed by atoms with E-state index < -0.39 is 0 Å². The molecule has 14 heavy (non-hydrogen) atoms. The highest BCUT2D eigenvalue weighted by molar-refractivity contribution is 5.44. The van der Waals surface area contributed by atoms with Crippen molar-refractivity contribution in [3.8, 4) is 5.75 Å². The van der Waals surface area contributed by atoms with Gasteiger partial charge in [-0.15, -0.1) is 0 Å². The zero-order chi connectivity index (χ0) is 10.3. The second-order valence-electron chi connectivity index (χ2n) is 4.59. The molecule has 1 fully saturated rings. The van der Waals surface area contributed by atoms with Gasteiger partial charge < -0.3 is 10.8 Å². The summed E-state index contributed by atoms with van der Waals surface area (Å²) in [6.07, 6.45) is 1.98. The van der Waals surface area contributed by atoms with Gasteiger partial charge in [-0.3, -0.25) is 0 Å². The third-order valence-electron chi connectivity index (χ3n) is 3.01. The lowest BCUT2D eigenvalue weighted by molar-refractivity contribution is 0.458. The van der Waals surface area contributed by atoms with Crippen LogP contribution in [0.25, 0.3) is 0 Å². The summed E-state index contributed by atoms with van der Waals surface area (Å²) in [6.45, 7) is 4.23. The van der Waals surface area contributed by atoms with E-state index >= 15 is 0 Å². The number of hydrogen-bond acceptors (Lipinski definition) is 2. The van der Waals surface area contributed by atoms with Crippen LogP contribution in [0, 0.1) is 0 Å². The van der Waals surface area contributed by atoms with E-state index in [2.05, 4.69) is 19.9 Å². The van der Waals surface area contributed by atoms with E-state index in [-0.39, 0.29) is 5.54 Å². The second-order valence-corrected chi connectivity index (χ2v) is 4.59. The average molecular weight is 191 g/mol. The van der Waals surface area contributed by atoms with Crippen molar-refractivity contribution in [1.82, 2.24) is 0 Å². The van der Waals surface area contributed by atoms with E-state index in [0.717, 1.165) is 24.0 Å². The molecule has 0 unspecified atom stereocenters. The number of hydrogen-bond donors (Lipinski definition) is 2. The monoisotopic (exact) mass is 191 g/mol. The van der Waals surface area contributed by atoms with Crippen LogP contribution in [0.5, 0.6) is 5.75 Å². The van der Waals surface area contributed by atoms with Crippen LogP contribution < -0.4 is 5.73 Å². The Kier molecular flexibility index (Phi) is 2.04. The quantitative estimate of drug-likeness (QED) is 0.754. The van der Waals surface area contributed by atoms with Crippen molar-refractivity contribution >= 4 is 0 Å². The maximum absolute atomic E-state index is 9.84. The molecular weight excluding hydrogens is 174 g/mol. The molecule has 1 aliphatic carbocycles. The highest BCUT2D eigenvalue weighted by Crippen LogP contribution is 2.46. The van der Waals surface area contributed by atoms with Gasteiger partial charge >= 0.3 is 0 Å². The third kappa shape index (κ3) is 1.50. The number of nitrogens with two attached hydrogens (primary N) is 1. The molecule has 1 aromatic rings. The summed E-state index contributed by atoms with van der Waals surface area (Å²) in [5, 5.41) is 9.84. The van der Waals surface area contributed by atoms with Crippen LogP contribution in [-0.2, 0) is 5.54 Å². The Bertz CT molecular complexity index is 353. The highest BCUT2D eigenvalue weighted by Gasteiger charge is 2.41. The van der Waals surface area contributed by atoms with Gasteiger partial charge in [0.15, 0.2) is 0 Å². The number of benzene rings is 1. The smallest absolute Gasteiger partial charge is 0.120 e. The van der Waals surface area contributed by atoms with E-state index in [1.165, 1.54) is 0 Å². The molecule has 0 atom stereocenters. The predicted molar refractivity (Wildman–Crippen MR) is 57.3 cm³/mol. The lowest BCUT2D eigenvalue weighted by atomic mass is 9.97. The Labute approximate surface area is 84.7 Å². The van der Waals surface area contributed by atoms with E-state index in [0.29, 0.717) is 11.7 Å². The first-order valence-electron chi connectivity index (χ1n) is 5.15. The average Bonchev–Trinajstić information content (AvgIpc) is 2.84. The fourth-order valence-corrected chi connectivity index (χ4v) is 1.73. The molecule has 0 amide bonds. The maximum Gasteiger partial charge on any atom is 0.120 e. The summed E-state index contributed by atoms with van der Waals surface area (Å²) >= 11 is 0. The molecule has 2 nitrogen and oxygen atoms in total. The molecule has 1 aromatic carbocycles. The summed E-state index contributed by atoms with van der Waals surface area (Å²) < 4.78 is 0. The molecular formula is C12H17NO. The first-order chi connectivity index (χ1) is 6.53. The van der Waals surface area contributed by atoms with Gasteiger partial charge in [-0.25, -0.2) is 0 Å². The molecule has 0 spiro atoms. The minimum absolute atomic E-state index is 0.237. The number of phenols is 1. The van der Waals surface area contributed by atoms with E-state index in [4.69, 9.17) is 5.73 Å². The van der Waals surface area contributed by atoms with Crippen LogP contribution in [0.2, 0.25) is 0 Å². The van der Waals surface area contributed by atoms with Crippen LogP contribution >= 0.6 is 0 Å². The molecule has 0 aliphatic heterocycles. The third-order valence-corrected chi connectivity index (χ3v) is 3.01. The van der Waals surface area contributed by atoms with Crippen LogP contribution in [0.3, 0.4) is 0 Å². The van der Waals surface area contributed by atoms with Gasteiger partial charge in [0, 0.05) is 11.1 Å². The topological polar surface area (TPSA) is 46.2 Å². The summed E-state index contributed by atoms with van der Waals surface area (Å²) in [4.78, 5) is 0. The van der Waals surface area contributed by atoms with Gasteiger partial charge in [-0.05, 0) is 30.4 Å². The van der Waals surface area contributed by atoms with Gasteiger partial charge in [0.25, 0.3) is 0 Å². The predicted octanol–water partition coefficient (Wildman–Crippen LogP) is 2.46.